The first-order valence-corrected chi connectivity index (χ1v) is 11.6. The van der Waals surface area contributed by atoms with E-state index in [1.165, 1.54) is 16.8 Å². The average Bonchev–Trinajstić information content (AvgIpc) is 3.55. The Balaban J connectivity index is 1.57. The summed E-state index contributed by atoms with van der Waals surface area (Å²) >= 11 is 0. The van der Waals surface area contributed by atoms with E-state index in [-0.39, 0.29) is 35.5 Å². The number of carbonyl (C=O) groups is 2. The van der Waals surface area contributed by atoms with Gasteiger partial charge in [0.25, 0.3) is 11.8 Å². The van der Waals surface area contributed by atoms with E-state index in [1.807, 2.05) is 6.92 Å². The molecular weight excluding hydrogens is 460 g/mol. The van der Waals surface area contributed by atoms with Crippen molar-refractivity contribution in [2.45, 2.75) is 51.9 Å². The number of hydrogen-bond donors (Lipinski definition) is 2. The Labute approximate surface area is 201 Å². The minimum absolute atomic E-state index is 0.0403. The van der Waals surface area contributed by atoms with Gasteiger partial charge in [-0.2, -0.15) is 0 Å². The second-order valence-electron chi connectivity index (χ2n) is 9.41. The van der Waals surface area contributed by atoms with Gasteiger partial charge in [0, 0.05) is 50.6 Å². The molecule has 35 heavy (non-hydrogen) atoms. The summed E-state index contributed by atoms with van der Waals surface area (Å²) in [5.41, 5.74) is -1.45. The van der Waals surface area contributed by atoms with E-state index in [0.717, 1.165) is 12.5 Å². The van der Waals surface area contributed by atoms with Crippen LogP contribution in [0, 0.1) is 23.5 Å². The number of rotatable bonds is 8. The third-order valence-corrected chi connectivity index (χ3v) is 7.04. The second-order valence-corrected chi connectivity index (χ2v) is 9.41. The highest BCUT2D eigenvalue weighted by atomic mass is 19.1. The molecule has 188 valence electrons. The van der Waals surface area contributed by atoms with Crippen molar-refractivity contribution in [3.05, 3.63) is 63.1 Å². The van der Waals surface area contributed by atoms with Gasteiger partial charge in [-0.15, -0.1) is 0 Å². The Morgan fingerprint density at radius 2 is 2.00 bits per heavy atom. The van der Waals surface area contributed by atoms with Crippen LogP contribution in [0.5, 0.6) is 5.75 Å². The van der Waals surface area contributed by atoms with Gasteiger partial charge in [0.1, 0.15) is 17.2 Å². The van der Waals surface area contributed by atoms with Gasteiger partial charge in [0.2, 0.25) is 5.43 Å². The first-order valence-electron chi connectivity index (χ1n) is 11.6. The zero-order chi connectivity index (χ0) is 25.4. The van der Waals surface area contributed by atoms with Crippen LogP contribution >= 0.6 is 0 Å². The molecule has 4 atom stereocenters. The topological polar surface area (TPSA) is 101 Å². The minimum Gasteiger partial charge on any atom is -0.503 e. The van der Waals surface area contributed by atoms with Crippen molar-refractivity contribution in [3.8, 4) is 5.75 Å². The van der Waals surface area contributed by atoms with E-state index in [0.29, 0.717) is 37.4 Å². The molecule has 1 saturated carbocycles. The number of nitrogens with zero attached hydrogens (tertiary/aromatic N) is 2. The Morgan fingerprint density at radius 1 is 1.29 bits per heavy atom. The summed E-state index contributed by atoms with van der Waals surface area (Å²) in [6, 6.07) is 2.87. The summed E-state index contributed by atoms with van der Waals surface area (Å²) in [5.74, 6) is -2.85. The molecule has 1 aliphatic heterocycles. The number of ether oxygens (including phenoxy) is 1. The molecule has 1 fully saturated rings. The number of pyridine rings is 1. The SMILES string of the molecule is COC(C)CC(C1CC1C)N1CCn2cc(C(=O)NCc3ccc(F)cc3F)c(=O)c(O)c2C1=O. The molecule has 10 heteroatoms. The fraction of sp³-hybridized carbons (Fsp3) is 0.480. The third kappa shape index (κ3) is 4.93. The van der Waals surface area contributed by atoms with Crippen molar-refractivity contribution in [2.24, 2.45) is 11.8 Å². The number of nitrogens with one attached hydrogen (secondary N) is 1. The van der Waals surface area contributed by atoms with E-state index >= 15 is 0 Å². The maximum absolute atomic E-state index is 13.9. The van der Waals surface area contributed by atoms with Crippen LogP contribution in [-0.4, -0.2) is 52.2 Å². The molecule has 4 unspecified atom stereocenters. The molecule has 1 aromatic heterocycles. The normalized spacial score (nSPS) is 20.8. The maximum Gasteiger partial charge on any atom is 0.274 e. The molecular formula is C25H29F2N3O5. The van der Waals surface area contributed by atoms with E-state index in [2.05, 4.69) is 12.2 Å². The number of halogens is 2. The molecule has 0 bridgehead atoms. The fourth-order valence-electron chi connectivity index (χ4n) is 4.77. The molecule has 0 spiro atoms. The summed E-state index contributed by atoms with van der Waals surface area (Å²) in [5, 5.41) is 13.1. The molecule has 2 aliphatic rings. The quantitative estimate of drug-likeness (QED) is 0.594. The molecule has 2 N–H and O–H groups in total. The highest BCUT2D eigenvalue weighted by Crippen LogP contribution is 2.45. The predicted molar refractivity (Wildman–Crippen MR) is 123 cm³/mol. The van der Waals surface area contributed by atoms with Crippen LogP contribution in [0.1, 0.15) is 53.1 Å². The average molecular weight is 490 g/mol. The summed E-state index contributed by atoms with van der Waals surface area (Å²) in [6.07, 6.45) is 2.82. The zero-order valence-electron chi connectivity index (χ0n) is 19.9. The highest BCUT2D eigenvalue weighted by molar-refractivity contribution is 5.99. The minimum atomic E-state index is -0.981. The lowest BCUT2D eigenvalue weighted by molar-refractivity contribution is 0.0402. The largest absolute Gasteiger partial charge is 0.503 e. The summed E-state index contributed by atoms with van der Waals surface area (Å²) in [6.45, 7) is 4.44. The van der Waals surface area contributed by atoms with Crippen LogP contribution in [0.4, 0.5) is 8.78 Å². The summed E-state index contributed by atoms with van der Waals surface area (Å²) < 4.78 is 33.8. The number of aromatic nitrogens is 1. The molecule has 0 radical (unpaired) electrons. The molecule has 2 heterocycles. The van der Waals surface area contributed by atoms with Crippen molar-refractivity contribution in [3.63, 3.8) is 0 Å². The van der Waals surface area contributed by atoms with Crippen LogP contribution in [0.3, 0.4) is 0 Å². The molecule has 1 aromatic carbocycles. The van der Waals surface area contributed by atoms with Crippen LogP contribution in [0.15, 0.2) is 29.2 Å². The third-order valence-electron chi connectivity index (χ3n) is 7.04. The molecule has 8 nitrogen and oxygen atoms in total. The number of amides is 2. The predicted octanol–water partition coefficient (Wildman–Crippen LogP) is 2.67. The van der Waals surface area contributed by atoms with Crippen molar-refractivity contribution in [2.75, 3.05) is 13.7 Å². The van der Waals surface area contributed by atoms with E-state index in [1.54, 1.807) is 12.0 Å². The number of fused-ring (bicyclic) bond motifs is 1. The van der Waals surface area contributed by atoms with Crippen molar-refractivity contribution < 1.29 is 28.2 Å². The first-order chi connectivity index (χ1) is 16.6. The smallest absolute Gasteiger partial charge is 0.274 e. The number of carbonyl (C=O) groups excluding carboxylic acids is 2. The lowest BCUT2D eigenvalue weighted by Gasteiger charge is -2.38. The molecule has 2 aromatic rings. The van der Waals surface area contributed by atoms with Gasteiger partial charge in [0.05, 0.1) is 6.10 Å². The van der Waals surface area contributed by atoms with E-state index in [4.69, 9.17) is 4.74 Å². The lowest BCUT2D eigenvalue weighted by atomic mass is 10.00. The Hall–Kier alpha value is -3.27. The van der Waals surface area contributed by atoms with Gasteiger partial charge in [0.15, 0.2) is 11.4 Å². The fourth-order valence-corrected chi connectivity index (χ4v) is 4.77. The van der Waals surface area contributed by atoms with E-state index in [9.17, 15) is 28.3 Å². The van der Waals surface area contributed by atoms with Gasteiger partial charge in [-0.1, -0.05) is 13.0 Å². The summed E-state index contributed by atoms with van der Waals surface area (Å²) in [7, 11) is 1.62. The van der Waals surface area contributed by atoms with Gasteiger partial charge >= 0.3 is 0 Å². The monoisotopic (exact) mass is 489 g/mol. The van der Waals surface area contributed by atoms with Gasteiger partial charge in [-0.05, 0) is 37.7 Å². The zero-order valence-corrected chi connectivity index (χ0v) is 19.9. The Morgan fingerprint density at radius 3 is 2.63 bits per heavy atom. The Bertz CT molecular complexity index is 1210. The maximum atomic E-state index is 13.9. The van der Waals surface area contributed by atoms with Crippen molar-refractivity contribution >= 4 is 11.8 Å². The van der Waals surface area contributed by atoms with Crippen LogP contribution < -0.4 is 10.7 Å². The number of methoxy groups -OCH3 is 1. The Kier molecular flexibility index (Phi) is 6.93. The second kappa shape index (κ2) is 9.77. The number of benzene rings is 1. The van der Waals surface area contributed by atoms with Crippen LogP contribution in [0.2, 0.25) is 0 Å². The van der Waals surface area contributed by atoms with Crippen LogP contribution in [-0.2, 0) is 17.8 Å². The molecule has 2 amide bonds. The van der Waals surface area contributed by atoms with Crippen molar-refractivity contribution in [1.29, 1.82) is 0 Å². The standard InChI is InChI=1S/C25H29F2N3O5/c1-13-8-17(13)20(9-14(2)35-3)30-7-6-29-12-18(22(31)23(32)21(29)25(30)34)24(33)28-11-15-4-5-16(26)10-19(15)27/h4-5,10,12-14,17,20,32H,6-9,11H2,1-3H3,(H,28,33). The lowest BCUT2D eigenvalue weighted by Crippen LogP contribution is -2.49. The molecule has 1 aliphatic carbocycles. The van der Waals surface area contributed by atoms with E-state index < -0.39 is 34.6 Å². The number of hydrogen-bond acceptors (Lipinski definition) is 5. The number of aromatic hydroxyl groups is 1. The summed E-state index contributed by atoms with van der Waals surface area (Å²) in [4.78, 5) is 40.6. The highest BCUT2D eigenvalue weighted by Gasteiger charge is 2.46. The van der Waals surface area contributed by atoms with Gasteiger partial charge in [-0.25, -0.2) is 8.78 Å². The molecule has 0 saturated heterocycles. The molecule has 4 rings (SSSR count). The van der Waals surface area contributed by atoms with Gasteiger partial charge in [-0.3, -0.25) is 14.4 Å². The first kappa shape index (κ1) is 24.8. The van der Waals surface area contributed by atoms with Crippen LogP contribution in [0.25, 0.3) is 0 Å². The van der Waals surface area contributed by atoms with Crippen molar-refractivity contribution in [1.82, 2.24) is 14.8 Å². The van der Waals surface area contributed by atoms with Gasteiger partial charge < -0.3 is 24.6 Å².